The average molecular weight is 236 g/mol. The van der Waals surface area contributed by atoms with Gasteiger partial charge in [-0.15, -0.1) is 0 Å². The maximum absolute atomic E-state index is 11.2. The summed E-state index contributed by atoms with van der Waals surface area (Å²) in [6.45, 7) is 4.59. The number of rotatable bonds is 2. The van der Waals surface area contributed by atoms with Crippen molar-refractivity contribution >= 4 is 5.97 Å². The highest BCUT2D eigenvalue weighted by molar-refractivity contribution is 5.80. The molecule has 0 saturated heterocycles. The lowest BCUT2D eigenvalue weighted by Gasteiger charge is -2.20. The molecule has 4 nitrogen and oxygen atoms in total. The zero-order valence-electron chi connectivity index (χ0n) is 10.0. The maximum atomic E-state index is 11.2. The van der Waals surface area contributed by atoms with Crippen LogP contribution in [0.5, 0.6) is 11.5 Å². The number of benzene rings is 1. The van der Waals surface area contributed by atoms with Crippen LogP contribution in [0.1, 0.15) is 25.8 Å². The zero-order valence-corrected chi connectivity index (χ0v) is 10.0. The molecule has 1 heterocycles. The van der Waals surface area contributed by atoms with Gasteiger partial charge in [0.2, 0.25) is 0 Å². The maximum Gasteiger partial charge on any atom is 0.313 e. The molecule has 0 amide bonds. The predicted molar refractivity (Wildman–Crippen MR) is 62.7 cm³/mol. The Morgan fingerprint density at radius 2 is 1.88 bits per heavy atom. The molecular weight excluding hydrogens is 220 g/mol. The Kier molecular flexibility index (Phi) is 2.96. The van der Waals surface area contributed by atoms with Crippen LogP contribution in [0.4, 0.5) is 0 Å². The van der Waals surface area contributed by atoms with Gasteiger partial charge in [0, 0.05) is 6.42 Å². The molecule has 0 saturated carbocycles. The Bertz CT molecular complexity index is 437. The Hall–Kier alpha value is -1.71. The fourth-order valence-electron chi connectivity index (χ4n) is 1.68. The van der Waals surface area contributed by atoms with E-state index in [2.05, 4.69) is 0 Å². The lowest BCUT2D eigenvalue weighted by atomic mass is 9.85. The van der Waals surface area contributed by atoms with Crippen molar-refractivity contribution in [1.82, 2.24) is 0 Å². The molecule has 1 aromatic carbocycles. The minimum absolute atomic E-state index is 0.601. The fourth-order valence-corrected chi connectivity index (χ4v) is 1.68. The second kappa shape index (κ2) is 4.28. The van der Waals surface area contributed by atoms with E-state index in [9.17, 15) is 9.90 Å². The number of carboxylic acids is 1. The van der Waals surface area contributed by atoms with Gasteiger partial charge in [0.15, 0.2) is 11.5 Å². The van der Waals surface area contributed by atoms with Crippen molar-refractivity contribution in [2.24, 2.45) is 0 Å². The number of carboxylic acid groups (broad SMARTS) is 1. The molecule has 0 aliphatic carbocycles. The quantitative estimate of drug-likeness (QED) is 0.855. The summed E-state index contributed by atoms with van der Waals surface area (Å²) in [5.74, 6) is 0.466. The third kappa shape index (κ3) is 2.20. The third-order valence-corrected chi connectivity index (χ3v) is 3.00. The number of ether oxygens (including phenoxy) is 2. The third-order valence-electron chi connectivity index (χ3n) is 3.00. The SMILES string of the molecule is CC(C)(C(=O)O)c1ccc2c(c1)OCCCO2. The van der Waals surface area contributed by atoms with Gasteiger partial charge in [-0.05, 0) is 31.5 Å². The van der Waals surface area contributed by atoms with Crippen molar-refractivity contribution in [3.8, 4) is 11.5 Å². The zero-order chi connectivity index (χ0) is 12.5. The molecule has 1 N–H and O–H groups in total. The summed E-state index contributed by atoms with van der Waals surface area (Å²) in [6.07, 6.45) is 0.840. The molecule has 0 radical (unpaired) electrons. The highest BCUT2D eigenvalue weighted by atomic mass is 16.5. The normalized spacial score (nSPS) is 15.2. The van der Waals surface area contributed by atoms with E-state index in [-0.39, 0.29) is 0 Å². The standard InChI is InChI=1S/C13H16O4/c1-13(2,12(14)15)9-4-5-10-11(8-9)17-7-3-6-16-10/h4-5,8H,3,6-7H2,1-2H3,(H,14,15). The number of fused-ring (bicyclic) bond motifs is 1. The minimum Gasteiger partial charge on any atom is -0.490 e. The van der Waals surface area contributed by atoms with Crippen LogP contribution in [0.2, 0.25) is 0 Å². The van der Waals surface area contributed by atoms with Crippen molar-refractivity contribution in [1.29, 1.82) is 0 Å². The van der Waals surface area contributed by atoms with Gasteiger partial charge in [0.25, 0.3) is 0 Å². The molecule has 1 aliphatic rings. The van der Waals surface area contributed by atoms with Crippen LogP contribution in [0.3, 0.4) is 0 Å². The average Bonchev–Trinajstić information content (AvgIpc) is 2.52. The van der Waals surface area contributed by atoms with Crippen LogP contribution < -0.4 is 9.47 Å². The molecule has 17 heavy (non-hydrogen) atoms. The van der Waals surface area contributed by atoms with Gasteiger partial charge in [-0.1, -0.05) is 6.07 Å². The summed E-state index contributed by atoms with van der Waals surface area (Å²) >= 11 is 0. The molecule has 0 fully saturated rings. The molecule has 1 aliphatic heterocycles. The van der Waals surface area contributed by atoms with Crippen LogP contribution in [0.25, 0.3) is 0 Å². The smallest absolute Gasteiger partial charge is 0.313 e. The number of carbonyl (C=O) groups is 1. The van der Waals surface area contributed by atoms with Crippen molar-refractivity contribution in [3.05, 3.63) is 23.8 Å². The van der Waals surface area contributed by atoms with Gasteiger partial charge in [0.1, 0.15) is 0 Å². The molecule has 92 valence electrons. The van der Waals surface area contributed by atoms with E-state index < -0.39 is 11.4 Å². The molecule has 4 heteroatoms. The molecule has 1 aromatic rings. The topological polar surface area (TPSA) is 55.8 Å². The van der Waals surface area contributed by atoms with Gasteiger partial charge in [-0.25, -0.2) is 0 Å². The van der Waals surface area contributed by atoms with Crippen LogP contribution in [0.15, 0.2) is 18.2 Å². The van der Waals surface area contributed by atoms with Gasteiger partial charge < -0.3 is 14.6 Å². The first kappa shape index (κ1) is 11.8. The molecule has 0 unspecified atom stereocenters. The lowest BCUT2D eigenvalue weighted by Crippen LogP contribution is -2.28. The molecule has 0 bridgehead atoms. The number of aliphatic carboxylic acids is 1. The van der Waals surface area contributed by atoms with Crippen LogP contribution in [-0.4, -0.2) is 24.3 Å². The van der Waals surface area contributed by atoms with Crippen LogP contribution in [0, 0.1) is 0 Å². The van der Waals surface area contributed by atoms with Gasteiger partial charge >= 0.3 is 5.97 Å². The summed E-state index contributed by atoms with van der Waals surface area (Å²) in [5.41, 5.74) is -0.209. The van der Waals surface area contributed by atoms with E-state index in [4.69, 9.17) is 9.47 Å². The van der Waals surface area contributed by atoms with Crippen molar-refractivity contribution in [2.45, 2.75) is 25.7 Å². The molecule has 2 rings (SSSR count). The van der Waals surface area contributed by atoms with Crippen LogP contribution >= 0.6 is 0 Å². The second-order valence-electron chi connectivity index (χ2n) is 4.64. The summed E-state index contributed by atoms with van der Waals surface area (Å²) in [5, 5.41) is 9.18. The molecule has 0 aromatic heterocycles. The van der Waals surface area contributed by atoms with E-state index in [0.717, 1.165) is 6.42 Å². The van der Waals surface area contributed by atoms with Crippen molar-refractivity contribution < 1.29 is 19.4 Å². The highest BCUT2D eigenvalue weighted by Crippen LogP contribution is 2.34. The van der Waals surface area contributed by atoms with Gasteiger partial charge in [-0.3, -0.25) is 4.79 Å². The monoisotopic (exact) mass is 236 g/mol. The van der Waals surface area contributed by atoms with E-state index >= 15 is 0 Å². The summed E-state index contributed by atoms with van der Waals surface area (Å²) in [6, 6.07) is 5.32. The lowest BCUT2D eigenvalue weighted by molar-refractivity contribution is -0.142. The molecule has 0 spiro atoms. The first-order valence-corrected chi connectivity index (χ1v) is 5.65. The molecule has 0 atom stereocenters. The molecular formula is C13H16O4. The Labute approximate surface area is 100 Å². The Balaban J connectivity index is 2.39. The van der Waals surface area contributed by atoms with Gasteiger partial charge in [0.05, 0.1) is 18.6 Å². The van der Waals surface area contributed by atoms with E-state index in [1.807, 2.05) is 0 Å². The second-order valence-corrected chi connectivity index (χ2v) is 4.64. The number of hydrogen-bond acceptors (Lipinski definition) is 3. The summed E-state index contributed by atoms with van der Waals surface area (Å²) in [7, 11) is 0. The van der Waals surface area contributed by atoms with Gasteiger partial charge in [-0.2, -0.15) is 0 Å². The van der Waals surface area contributed by atoms with Crippen molar-refractivity contribution in [2.75, 3.05) is 13.2 Å². The first-order chi connectivity index (χ1) is 8.01. The minimum atomic E-state index is -0.926. The highest BCUT2D eigenvalue weighted by Gasteiger charge is 2.30. The summed E-state index contributed by atoms with van der Waals surface area (Å²) < 4.78 is 11.1. The van der Waals surface area contributed by atoms with Crippen LogP contribution in [-0.2, 0) is 10.2 Å². The fraction of sp³-hybridized carbons (Fsp3) is 0.462. The van der Waals surface area contributed by atoms with E-state index in [1.165, 1.54) is 0 Å². The largest absolute Gasteiger partial charge is 0.490 e. The Morgan fingerprint density at radius 1 is 1.24 bits per heavy atom. The van der Waals surface area contributed by atoms with Crippen molar-refractivity contribution in [3.63, 3.8) is 0 Å². The van der Waals surface area contributed by atoms with E-state index in [1.54, 1.807) is 32.0 Å². The predicted octanol–water partition coefficient (Wildman–Crippen LogP) is 2.21. The number of hydrogen-bond donors (Lipinski definition) is 1. The summed E-state index contributed by atoms with van der Waals surface area (Å²) in [4.78, 5) is 11.2. The van der Waals surface area contributed by atoms with E-state index in [0.29, 0.717) is 30.3 Å². The first-order valence-electron chi connectivity index (χ1n) is 5.65. The Morgan fingerprint density at radius 3 is 2.53 bits per heavy atom.